The Bertz CT molecular complexity index is 649. The summed E-state index contributed by atoms with van der Waals surface area (Å²) in [7, 11) is 0. The molecular formula is C13H10ClN3OS. The van der Waals surface area contributed by atoms with Crippen LogP contribution >= 0.6 is 22.9 Å². The SMILES string of the molecule is Clc1ccc(NCc2nc(-c3cccs3)no2)cc1. The van der Waals surface area contributed by atoms with Crippen LogP contribution < -0.4 is 5.32 Å². The molecule has 6 heteroatoms. The Hall–Kier alpha value is -1.85. The lowest BCUT2D eigenvalue weighted by molar-refractivity contribution is 0.384. The van der Waals surface area contributed by atoms with E-state index in [0.717, 1.165) is 10.6 Å². The van der Waals surface area contributed by atoms with Crippen molar-refractivity contribution in [2.75, 3.05) is 5.32 Å². The number of thiophene rings is 1. The molecule has 4 nitrogen and oxygen atoms in total. The summed E-state index contributed by atoms with van der Waals surface area (Å²) in [5, 5.41) is 9.84. The van der Waals surface area contributed by atoms with E-state index in [1.54, 1.807) is 11.3 Å². The molecule has 0 unspecified atom stereocenters. The molecule has 0 atom stereocenters. The van der Waals surface area contributed by atoms with Crippen molar-refractivity contribution in [3.05, 3.63) is 52.7 Å². The highest BCUT2D eigenvalue weighted by Crippen LogP contribution is 2.21. The van der Waals surface area contributed by atoms with E-state index in [1.165, 1.54) is 0 Å². The van der Waals surface area contributed by atoms with Crippen LogP contribution in [0.25, 0.3) is 10.7 Å². The molecule has 1 N–H and O–H groups in total. The third kappa shape index (κ3) is 2.94. The van der Waals surface area contributed by atoms with E-state index in [1.807, 2.05) is 41.8 Å². The summed E-state index contributed by atoms with van der Waals surface area (Å²) >= 11 is 7.41. The van der Waals surface area contributed by atoms with Crippen molar-refractivity contribution in [3.8, 4) is 10.7 Å². The van der Waals surface area contributed by atoms with Crippen molar-refractivity contribution < 1.29 is 4.52 Å². The lowest BCUT2D eigenvalue weighted by Crippen LogP contribution is -1.99. The summed E-state index contributed by atoms with van der Waals surface area (Å²) in [6.07, 6.45) is 0. The second-order valence-corrected chi connectivity index (χ2v) is 5.23. The fourth-order valence-electron chi connectivity index (χ4n) is 1.58. The van der Waals surface area contributed by atoms with E-state index in [4.69, 9.17) is 16.1 Å². The van der Waals surface area contributed by atoms with Gasteiger partial charge in [-0.05, 0) is 35.7 Å². The van der Waals surface area contributed by atoms with Gasteiger partial charge in [-0.25, -0.2) is 0 Å². The van der Waals surface area contributed by atoms with Gasteiger partial charge in [0.2, 0.25) is 11.7 Å². The predicted octanol–water partition coefficient (Wildman–Crippen LogP) is 4.06. The van der Waals surface area contributed by atoms with Gasteiger partial charge in [0.1, 0.15) is 0 Å². The lowest BCUT2D eigenvalue weighted by Gasteiger charge is -2.02. The summed E-state index contributed by atoms with van der Waals surface area (Å²) in [6.45, 7) is 0.486. The van der Waals surface area contributed by atoms with Crippen LogP contribution in [0.15, 0.2) is 46.3 Å². The largest absolute Gasteiger partial charge is 0.376 e. The van der Waals surface area contributed by atoms with Gasteiger partial charge in [0.25, 0.3) is 0 Å². The van der Waals surface area contributed by atoms with Gasteiger partial charge < -0.3 is 9.84 Å². The third-order valence-corrected chi connectivity index (χ3v) is 3.62. The molecule has 0 radical (unpaired) electrons. The summed E-state index contributed by atoms with van der Waals surface area (Å²) in [5.41, 5.74) is 0.959. The molecule has 0 saturated carbocycles. The first-order chi connectivity index (χ1) is 9.31. The van der Waals surface area contributed by atoms with Gasteiger partial charge in [-0.2, -0.15) is 4.98 Å². The molecule has 2 aromatic heterocycles. The van der Waals surface area contributed by atoms with Crippen LogP contribution in [0.2, 0.25) is 5.02 Å². The van der Waals surface area contributed by atoms with E-state index >= 15 is 0 Å². The highest BCUT2D eigenvalue weighted by molar-refractivity contribution is 7.13. The second-order valence-electron chi connectivity index (χ2n) is 3.85. The zero-order valence-corrected chi connectivity index (χ0v) is 11.4. The van der Waals surface area contributed by atoms with Gasteiger partial charge in [-0.3, -0.25) is 0 Å². The van der Waals surface area contributed by atoms with Crippen LogP contribution in [0, 0.1) is 0 Å². The Morgan fingerprint density at radius 3 is 2.79 bits per heavy atom. The van der Waals surface area contributed by atoms with Gasteiger partial charge in [-0.15, -0.1) is 11.3 Å². The molecule has 0 aliphatic rings. The fourth-order valence-corrected chi connectivity index (χ4v) is 2.35. The Kier molecular flexibility index (Phi) is 3.48. The third-order valence-electron chi connectivity index (χ3n) is 2.50. The molecule has 0 saturated heterocycles. The number of rotatable bonds is 4. The minimum atomic E-state index is 0.486. The average Bonchev–Trinajstić information content (AvgIpc) is 3.09. The Balaban J connectivity index is 1.66. The number of nitrogens with zero attached hydrogens (tertiary/aromatic N) is 2. The van der Waals surface area contributed by atoms with Crippen molar-refractivity contribution in [1.82, 2.24) is 10.1 Å². The summed E-state index contributed by atoms with van der Waals surface area (Å²) in [5.74, 6) is 1.18. The van der Waals surface area contributed by atoms with Gasteiger partial charge in [0.05, 0.1) is 11.4 Å². The summed E-state index contributed by atoms with van der Waals surface area (Å²) in [6, 6.07) is 11.4. The van der Waals surface area contributed by atoms with Gasteiger partial charge in [0, 0.05) is 10.7 Å². The molecule has 0 spiro atoms. The van der Waals surface area contributed by atoms with E-state index in [-0.39, 0.29) is 0 Å². The molecule has 96 valence electrons. The topological polar surface area (TPSA) is 51.0 Å². The molecule has 0 bridgehead atoms. The van der Waals surface area contributed by atoms with Crippen LogP contribution in [-0.4, -0.2) is 10.1 Å². The van der Waals surface area contributed by atoms with E-state index in [2.05, 4.69) is 15.5 Å². The molecule has 3 rings (SSSR count). The zero-order valence-electron chi connectivity index (χ0n) is 9.84. The van der Waals surface area contributed by atoms with Crippen molar-refractivity contribution in [3.63, 3.8) is 0 Å². The molecule has 0 fully saturated rings. The second kappa shape index (κ2) is 5.42. The highest BCUT2D eigenvalue weighted by atomic mass is 35.5. The molecule has 0 aliphatic carbocycles. The Labute approximate surface area is 119 Å². The highest BCUT2D eigenvalue weighted by Gasteiger charge is 2.08. The van der Waals surface area contributed by atoms with E-state index in [9.17, 15) is 0 Å². The number of aromatic nitrogens is 2. The maximum atomic E-state index is 5.82. The fraction of sp³-hybridized carbons (Fsp3) is 0.0769. The molecule has 2 heterocycles. The molecule has 0 amide bonds. The molecule has 19 heavy (non-hydrogen) atoms. The minimum Gasteiger partial charge on any atom is -0.376 e. The zero-order chi connectivity index (χ0) is 13.1. The van der Waals surface area contributed by atoms with Crippen LogP contribution in [-0.2, 0) is 6.54 Å². The maximum absolute atomic E-state index is 5.82. The van der Waals surface area contributed by atoms with Gasteiger partial charge in [-0.1, -0.05) is 22.8 Å². The summed E-state index contributed by atoms with van der Waals surface area (Å²) < 4.78 is 5.19. The van der Waals surface area contributed by atoms with Crippen LogP contribution in [0.1, 0.15) is 5.89 Å². The van der Waals surface area contributed by atoms with E-state index in [0.29, 0.717) is 23.3 Å². The predicted molar refractivity (Wildman–Crippen MR) is 76.4 cm³/mol. The molecule has 3 aromatic rings. The minimum absolute atomic E-state index is 0.486. The van der Waals surface area contributed by atoms with Crippen molar-refractivity contribution in [1.29, 1.82) is 0 Å². The Morgan fingerprint density at radius 2 is 2.05 bits per heavy atom. The number of hydrogen-bond acceptors (Lipinski definition) is 5. The van der Waals surface area contributed by atoms with Crippen molar-refractivity contribution in [2.45, 2.75) is 6.54 Å². The molecule has 0 aliphatic heterocycles. The maximum Gasteiger partial charge on any atom is 0.246 e. The smallest absolute Gasteiger partial charge is 0.246 e. The molecule has 1 aromatic carbocycles. The first-order valence-electron chi connectivity index (χ1n) is 5.67. The number of benzene rings is 1. The van der Waals surface area contributed by atoms with E-state index < -0.39 is 0 Å². The number of nitrogens with one attached hydrogen (secondary N) is 1. The Morgan fingerprint density at radius 1 is 1.21 bits per heavy atom. The first kappa shape index (κ1) is 12.2. The van der Waals surface area contributed by atoms with Gasteiger partial charge >= 0.3 is 0 Å². The normalized spacial score (nSPS) is 10.6. The number of hydrogen-bond donors (Lipinski definition) is 1. The summed E-state index contributed by atoms with van der Waals surface area (Å²) in [4.78, 5) is 5.33. The standard InChI is InChI=1S/C13H10ClN3OS/c14-9-3-5-10(6-4-9)15-8-12-16-13(17-18-12)11-2-1-7-19-11/h1-7,15H,8H2. The number of halogens is 1. The quantitative estimate of drug-likeness (QED) is 0.787. The van der Waals surface area contributed by atoms with Crippen LogP contribution in [0.4, 0.5) is 5.69 Å². The first-order valence-corrected chi connectivity index (χ1v) is 6.93. The lowest BCUT2D eigenvalue weighted by atomic mass is 10.3. The average molecular weight is 292 g/mol. The number of anilines is 1. The monoisotopic (exact) mass is 291 g/mol. The van der Waals surface area contributed by atoms with Crippen molar-refractivity contribution in [2.24, 2.45) is 0 Å². The van der Waals surface area contributed by atoms with Gasteiger partial charge in [0.15, 0.2) is 0 Å². The molecular weight excluding hydrogens is 282 g/mol. The van der Waals surface area contributed by atoms with Crippen LogP contribution in [0.5, 0.6) is 0 Å². The van der Waals surface area contributed by atoms with Crippen molar-refractivity contribution >= 4 is 28.6 Å². The van der Waals surface area contributed by atoms with Crippen LogP contribution in [0.3, 0.4) is 0 Å².